The molecule has 0 spiro atoms. The van der Waals surface area contributed by atoms with E-state index in [0.29, 0.717) is 12.0 Å². The van der Waals surface area contributed by atoms with E-state index in [4.69, 9.17) is 10.7 Å². The van der Waals surface area contributed by atoms with Gasteiger partial charge in [0.25, 0.3) is 9.05 Å². The van der Waals surface area contributed by atoms with Crippen LogP contribution in [0.1, 0.15) is 19.8 Å². The number of rotatable bonds is 6. The molecule has 118 valence electrons. The molecule has 1 aliphatic carbocycles. The van der Waals surface area contributed by atoms with Gasteiger partial charge >= 0.3 is 0 Å². The van der Waals surface area contributed by atoms with Gasteiger partial charge in [0.15, 0.2) is 0 Å². The van der Waals surface area contributed by atoms with E-state index in [2.05, 4.69) is 4.72 Å². The van der Waals surface area contributed by atoms with Crippen LogP contribution in [0.2, 0.25) is 0 Å². The second-order valence-corrected chi connectivity index (χ2v) is 9.50. The van der Waals surface area contributed by atoms with Gasteiger partial charge in [-0.25, -0.2) is 25.9 Å². The van der Waals surface area contributed by atoms with Gasteiger partial charge in [0, 0.05) is 17.2 Å². The summed E-state index contributed by atoms with van der Waals surface area (Å²) in [6, 6.07) is 2.46. The minimum Gasteiger partial charge on any atom is -0.211 e. The van der Waals surface area contributed by atoms with Crippen molar-refractivity contribution in [3.63, 3.8) is 0 Å². The summed E-state index contributed by atoms with van der Waals surface area (Å²) in [5.41, 5.74) is 0. The Morgan fingerprint density at radius 2 is 1.95 bits per heavy atom. The molecule has 9 heteroatoms. The van der Waals surface area contributed by atoms with Crippen LogP contribution in [0, 0.1) is 17.7 Å². The van der Waals surface area contributed by atoms with Crippen molar-refractivity contribution in [1.82, 2.24) is 4.72 Å². The summed E-state index contributed by atoms with van der Waals surface area (Å²) in [7, 11) is -3.03. The second kappa shape index (κ2) is 5.83. The van der Waals surface area contributed by atoms with Crippen LogP contribution in [0.5, 0.6) is 0 Å². The highest BCUT2D eigenvalue weighted by atomic mass is 35.7. The van der Waals surface area contributed by atoms with Crippen LogP contribution in [0.3, 0.4) is 0 Å². The summed E-state index contributed by atoms with van der Waals surface area (Å²) in [6.07, 6.45) is 2.17. The number of hydrogen-bond acceptors (Lipinski definition) is 4. The van der Waals surface area contributed by atoms with Crippen molar-refractivity contribution in [2.75, 3.05) is 6.54 Å². The van der Waals surface area contributed by atoms with Crippen LogP contribution in [0.4, 0.5) is 4.39 Å². The van der Waals surface area contributed by atoms with Gasteiger partial charge in [0.05, 0.1) is 4.90 Å². The first-order valence-corrected chi connectivity index (χ1v) is 10.1. The summed E-state index contributed by atoms with van der Waals surface area (Å²) in [4.78, 5) is -1.07. The molecule has 0 saturated heterocycles. The quantitative estimate of drug-likeness (QED) is 0.792. The molecule has 5 nitrogen and oxygen atoms in total. The van der Waals surface area contributed by atoms with E-state index in [9.17, 15) is 21.2 Å². The number of nitrogens with one attached hydrogen (secondary N) is 1. The SMILES string of the molecule is CC(CNS(=O)(=O)c1ccc(S(=O)(=O)Cl)cc1F)C1CC1. The molecule has 1 fully saturated rings. The third-order valence-electron chi connectivity index (χ3n) is 3.50. The Morgan fingerprint density at radius 3 is 2.43 bits per heavy atom. The van der Waals surface area contributed by atoms with Crippen molar-refractivity contribution in [2.24, 2.45) is 11.8 Å². The van der Waals surface area contributed by atoms with Gasteiger partial charge in [-0.2, -0.15) is 0 Å². The molecule has 1 saturated carbocycles. The molecule has 1 aromatic carbocycles. The van der Waals surface area contributed by atoms with Gasteiger partial charge in [-0.05, 0) is 42.9 Å². The van der Waals surface area contributed by atoms with Gasteiger partial charge in [-0.1, -0.05) is 6.92 Å². The second-order valence-electron chi connectivity index (χ2n) is 5.20. The van der Waals surface area contributed by atoms with E-state index < -0.39 is 34.7 Å². The van der Waals surface area contributed by atoms with E-state index in [1.165, 1.54) is 0 Å². The number of halogens is 2. The summed E-state index contributed by atoms with van der Waals surface area (Å²) in [5, 5.41) is 0. The maximum absolute atomic E-state index is 13.8. The molecular formula is C12H15ClFNO4S2. The molecule has 0 bridgehead atoms. The molecule has 0 aliphatic heterocycles. The molecule has 0 radical (unpaired) electrons. The predicted molar refractivity (Wildman–Crippen MR) is 76.5 cm³/mol. The Hall–Kier alpha value is -0.700. The zero-order valence-electron chi connectivity index (χ0n) is 11.2. The molecule has 0 aromatic heterocycles. The largest absolute Gasteiger partial charge is 0.261 e. The van der Waals surface area contributed by atoms with Crippen molar-refractivity contribution in [3.8, 4) is 0 Å². The maximum Gasteiger partial charge on any atom is 0.261 e. The lowest BCUT2D eigenvalue weighted by atomic mass is 10.1. The highest BCUT2D eigenvalue weighted by Gasteiger charge is 2.29. The highest BCUT2D eigenvalue weighted by Crippen LogP contribution is 2.36. The van der Waals surface area contributed by atoms with Crippen molar-refractivity contribution >= 4 is 29.8 Å². The van der Waals surface area contributed by atoms with Gasteiger partial charge in [-0.3, -0.25) is 0 Å². The molecule has 1 unspecified atom stereocenters. The third-order valence-corrected chi connectivity index (χ3v) is 6.30. The first-order valence-electron chi connectivity index (χ1n) is 6.35. The zero-order valence-corrected chi connectivity index (χ0v) is 13.6. The van der Waals surface area contributed by atoms with Gasteiger partial charge in [-0.15, -0.1) is 0 Å². The van der Waals surface area contributed by atoms with E-state index >= 15 is 0 Å². The minimum absolute atomic E-state index is 0.185. The van der Waals surface area contributed by atoms with Gasteiger partial charge in [0.1, 0.15) is 10.7 Å². The number of sulfonamides is 1. The van der Waals surface area contributed by atoms with Crippen LogP contribution < -0.4 is 4.72 Å². The summed E-state index contributed by atoms with van der Waals surface area (Å²) in [5.74, 6) is -0.449. The Labute approximate surface area is 128 Å². The average Bonchev–Trinajstić information content (AvgIpc) is 3.18. The zero-order chi connectivity index (χ0) is 15.8. The predicted octanol–water partition coefficient (Wildman–Crippen LogP) is 2.08. The van der Waals surface area contributed by atoms with Gasteiger partial charge in [0.2, 0.25) is 10.0 Å². The summed E-state index contributed by atoms with van der Waals surface area (Å²) >= 11 is 0. The lowest BCUT2D eigenvalue weighted by molar-refractivity contribution is 0.489. The van der Waals surface area contributed by atoms with Crippen molar-refractivity contribution in [2.45, 2.75) is 29.6 Å². The Balaban J connectivity index is 2.19. The van der Waals surface area contributed by atoms with Crippen LogP contribution in [-0.4, -0.2) is 23.4 Å². The fourth-order valence-electron chi connectivity index (χ4n) is 2.00. The van der Waals surface area contributed by atoms with Crippen LogP contribution in [-0.2, 0) is 19.1 Å². The third kappa shape index (κ3) is 4.15. The van der Waals surface area contributed by atoms with E-state index in [-0.39, 0.29) is 12.5 Å². The Kier molecular flexibility index (Phi) is 4.63. The standard InChI is InChI=1S/C12H15ClFNO4S2/c1-8(9-2-3-9)7-15-21(18,19)12-5-4-10(6-11(12)14)20(13,16)17/h4-6,8-9,15H,2-3,7H2,1H3. The Morgan fingerprint density at radius 1 is 1.33 bits per heavy atom. The van der Waals surface area contributed by atoms with Crippen LogP contribution in [0.15, 0.2) is 28.0 Å². The fourth-order valence-corrected chi connectivity index (χ4v) is 3.97. The first kappa shape index (κ1) is 16.7. The molecule has 1 atom stereocenters. The monoisotopic (exact) mass is 355 g/mol. The van der Waals surface area contributed by atoms with E-state index in [1.54, 1.807) is 0 Å². The molecule has 2 rings (SSSR count). The molecule has 1 aliphatic rings. The molecule has 0 amide bonds. The van der Waals surface area contributed by atoms with Crippen molar-refractivity contribution in [3.05, 3.63) is 24.0 Å². The van der Waals surface area contributed by atoms with Gasteiger partial charge < -0.3 is 0 Å². The molecular weight excluding hydrogens is 341 g/mol. The molecule has 21 heavy (non-hydrogen) atoms. The number of benzene rings is 1. The fraction of sp³-hybridized carbons (Fsp3) is 0.500. The average molecular weight is 356 g/mol. The summed E-state index contributed by atoms with van der Waals surface area (Å²) in [6.45, 7) is 2.15. The lowest BCUT2D eigenvalue weighted by Crippen LogP contribution is -2.29. The Bertz CT molecular complexity index is 745. The van der Waals surface area contributed by atoms with Crippen molar-refractivity contribution in [1.29, 1.82) is 0 Å². The highest BCUT2D eigenvalue weighted by molar-refractivity contribution is 8.13. The normalized spacial score (nSPS) is 17.7. The smallest absolute Gasteiger partial charge is 0.211 e. The van der Waals surface area contributed by atoms with E-state index in [0.717, 1.165) is 25.0 Å². The maximum atomic E-state index is 13.8. The summed E-state index contributed by atoms with van der Waals surface area (Å²) < 4.78 is 62.4. The molecule has 1 N–H and O–H groups in total. The van der Waals surface area contributed by atoms with Crippen molar-refractivity contribution < 1.29 is 21.2 Å². The molecule has 0 heterocycles. The molecule has 1 aromatic rings. The number of hydrogen-bond donors (Lipinski definition) is 1. The van der Waals surface area contributed by atoms with Crippen LogP contribution >= 0.6 is 10.7 Å². The first-order chi connectivity index (χ1) is 9.61. The van der Waals surface area contributed by atoms with E-state index in [1.807, 2.05) is 6.92 Å². The minimum atomic E-state index is -4.10. The van der Waals surface area contributed by atoms with Crippen LogP contribution in [0.25, 0.3) is 0 Å². The lowest BCUT2D eigenvalue weighted by Gasteiger charge is -2.12. The topological polar surface area (TPSA) is 80.3 Å².